The van der Waals surface area contributed by atoms with Crippen LogP contribution in [-0.2, 0) is 4.79 Å². The molecule has 3 aliphatic carbocycles. The zero-order valence-electron chi connectivity index (χ0n) is 9.32. The van der Waals surface area contributed by atoms with Crippen molar-refractivity contribution in [3.63, 3.8) is 0 Å². The van der Waals surface area contributed by atoms with Gasteiger partial charge < -0.3 is 5.11 Å². The predicted octanol–water partition coefficient (Wildman–Crippen LogP) is 3.56. The maximum Gasteiger partial charge on any atom is 0.309 e. The summed E-state index contributed by atoms with van der Waals surface area (Å²) in [5.41, 5.74) is 1.03. The van der Waals surface area contributed by atoms with Gasteiger partial charge in [-0.25, -0.2) is 0 Å². The Bertz CT molecular complexity index is 482. The fourth-order valence-electron chi connectivity index (χ4n) is 3.12. The first kappa shape index (κ1) is 11.3. The lowest BCUT2D eigenvalue weighted by Crippen LogP contribution is -2.64. The third-order valence-corrected chi connectivity index (χ3v) is 4.74. The van der Waals surface area contributed by atoms with Gasteiger partial charge in [-0.3, -0.25) is 4.79 Å². The lowest BCUT2D eigenvalue weighted by molar-refractivity contribution is -0.205. The van der Waals surface area contributed by atoms with Gasteiger partial charge in [-0.1, -0.05) is 24.3 Å². The molecule has 3 saturated carbocycles. The third-order valence-electron chi connectivity index (χ3n) is 4.02. The molecule has 0 amide bonds. The zero-order valence-corrected chi connectivity index (χ0v) is 11.5. The van der Waals surface area contributed by atoms with E-state index in [0.717, 1.165) is 19.3 Å². The van der Waals surface area contributed by atoms with E-state index in [4.69, 9.17) is 5.11 Å². The average Bonchev–Trinajstić information content (AvgIpc) is 2.16. The highest BCUT2D eigenvalue weighted by Crippen LogP contribution is 2.74. The minimum atomic E-state index is -0.609. The lowest BCUT2D eigenvalue weighted by Gasteiger charge is -2.67. The molecule has 2 bridgehead atoms. The Morgan fingerprint density at radius 3 is 2.35 bits per heavy atom. The van der Waals surface area contributed by atoms with Crippen molar-refractivity contribution in [2.24, 2.45) is 10.8 Å². The first-order chi connectivity index (χ1) is 8.04. The largest absolute Gasteiger partial charge is 0.481 e. The Hall–Kier alpha value is -0.840. The summed E-state index contributed by atoms with van der Waals surface area (Å²) in [4.78, 5) is 11.0. The molecule has 3 fully saturated rings. The minimum absolute atomic E-state index is 0.196. The Labute approximate surface area is 114 Å². The van der Waals surface area contributed by atoms with Crippen molar-refractivity contribution < 1.29 is 9.90 Å². The van der Waals surface area contributed by atoms with E-state index >= 15 is 0 Å². The molecule has 4 rings (SSSR count). The van der Waals surface area contributed by atoms with Crippen LogP contribution >= 0.6 is 22.6 Å². The van der Waals surface area contributed by atoms with Gasteiger partial charge in [0.15, 0.2) is 0 Å². The van der Waals surface area contributed by atoms with E-state index < -0.39 is 5.97 Å². The monoisotopic (exact) mass is 340 g/mol. The SMILES string of the molecule is O=C(O)C12CC(/C=C/c3ccc(I)cc3)(C1)C2. The van der Waals surface area contributed by atoms with Crippen LogP contribution in [0.2, 0.25) is 0 Å². The standard InChI is InChI=1S/C14H13IO2/c15-11-3-1-10(2-4-11)5-6-13-7-14(8-13,9-13)12(16)17/h1-6H,7-9H2,(H,16,17)/b6-5+. The summed E-state index contributed by atoms with van der Waals surface area (Å²) in [5, 5.41) is 9.04. The fraction of sp³-hybridized carbons (Fsp3) is 0.357. The molecule has 0 atom stereocenters. The van der Waals surface area contributed by atoms with Crippen molar-refractivity contribution in [1.82, 2.24) is 0 Å². The number of carbonyl (C=O) groups is 1. The number of benzene rings is 1. The van der Waals surface area contributed by atoms with Crippen molar-refractivity contribution >= 4 is 34.6 Å². The molecular formula is C14H13IO2. The number of halogens is 1. The van der Waals surface area contributed by atoms with E-state index in [-0.39, 0.29) is 10.8 Å². The summed E-state index contributed by atoms with van der Waals surface area (Å²) in [7, 11) is 0. The summed E-state index contributed by atoms with van der Waals surface area (Å²) in [5.74, 6) is -0.609. The van der Waals surface area contributed by atoms with Crippen LogP contribution in [0.5, 0.6) is 0 Å². The van der Waals surface area contributed by atoms with Crippen LogP contribution in [0.1, 0.15) is 24.8 Å². The van der Waals surface area contributed by atoms with Crippen molar-refractivity contribution in [1.29, 1.82) is 0 Å². The maximum atomic E-state index is 11.0. The van der Waals surface area contributed by atoms with Gasteiger partial charge in [0, 0.05) is 3.57 Å². The Morgan fingerprint density at radius 2 is 1.82 bits per heavy atom. The number of hydrogen-bond acceptors (Lipinski definition) is 1. The van der Waals surface area contributed by atoms with Gasteiger partial charge in [0.25, 0.3) is 0 Å². The van der Waals surface area contributed by atoms with Crippen LogP contribution in [0.25, 0.3) is 6.08 Å². The van der Waals surface area contributed by atoms with Crippen LogP contribution in [0.15, 0.2) is 30.3 Å². The van der Waals surface area contributed by atoms with Gasteiger partial charge in [-0.2, -0.15) is 0 Å². The number of carboxylic acids is 1. The number of rotatable bonds is 3. The second-order valence-electron chi connectivity index (χ2n) is 5.36. The molecule has 17 heavy (non-hydrogen) atoms. The summed E-state index contributed by atoms with van der Waals surface area (Å²) in [6.07, 6.45) is 6.82. The number of aliphatic carboxylic acids is 1. The van der Waals surface area contributed by atoms with Gasteiger partial charge in [0.1, 0.15) is 0 Å². The molecule has 88 valence electrons. The summed E-state index contributed by atoms with van der Waals surface area (Å²) in [6, 6.07) is 8.36. The summed E-state index contributed by atoms with van der Waals surface area (Å²) < 4.78 is 1.23. The number of allylic oxidation sites excluding steroid dienone is 1. The molecule has 3 heteroatoms. The minimum Gasteiger partial charge on any atom is -0.481 e. The normalized spacial score (nSPS) is 34.2. The smallest absolute Gasteiger partial charge is 0.309 e. The molecule has 0 aromatic heterocycles. The molecule has 0 spiro atoms. The predicted molar refractivity (Wildman–Crippen MR) is 74.5 cm³/mol. The van der Waals surface area contributed by atoms with Crippen molar-refractivity contribution in [2.75, 3.05) is 0 Å². The van der Waals surface area contributed by atoms with Crippen LogP contribution < -0.4 is 0 Å². The quantitative estimate of drug-likeness (QED) is 0.855. The van der Waals surface area contributed by atoms with Crippen molar-refractivity contribution in [3.8, 4) is 0 Å². The molecule has 2 nitrogen and oxygen atoms in total. The van der Waals surface area contributed by atoms with Gasteiger partial charge in [0.05, 0.1) is 5.41 Å². The highest BCUT2D eigenvalue weighted by atomic mass is 127. The van der Waals surface area contributed by atoms with Gasteiger partial charge in [0.2, 0.25) is 0 Å². The van der Waals surface area contributed by atoms with Crippen LogP contribution in [-0.4, -0.2) is 11.1 Å². The van der Waals surface area contributed by atoms with E-state index in [0.29, 0.717) is 0 Å². The molecule has 0 heterocycles. The molecule has 0 saturated heterocycles. The van der Waals surface area contributed by atoms with Crippen LogP contribution in [0, 0.1) is 14.4 Å². The van der Waals surface area contributed by atoms with Gasteiger partial charge >= 0.3 is 5.97 Å². The zero-order chi connectivity index (χ0) is 12.1. The fourth-order valence-corrected chi connectivity index (χ4v) is 3.48. The third kappa shape index (κ3) is 1.71. The Balaban J connectivity index is 1.67. The lowest BCUT2D eigenvalue weighted by atomic mass is 9.35. The van der Waals surface area contributed by atoms with Crippen LogP contribution in [0.3, 0.4) is 0 Å². The highest BCUT2D eigenvalue weighted by molar-refractivity contribution is 14.1. The highest BCUT2D eigenvalue weighted by Gasteiger charge is 2.70. The van der Waals surface area contributed by atoms with Gasteiger partial charge in [-0.05, 0) is 65.0 Å². The van der Waals surface area contributed by atoms with Crippen LogP contribution in [0.4, 0.5) is 0 Å². The summed E-state index contributed by atoms with van der Waals surface area (Å²) >= 11 is 2.29. The molecular weight excluding hydrogens is 327 g/mol. The molecule has 1 N–H and O–H groups in total. The van der Waals surface area contributed by atoms with Crippen molar-refractivity contribution in [2.45, 2.75) is 19.3 Å². The molecule has 3 aliphatic rings. The Kier molecular flexibility index (Phi) is 2.37. The molecule has 1 aromatic rings. The maximum absolute atomic E-state index is 11.0. The van der Waals surface area contributed by atoms with E-state index in [1.165, 1.54) is 9.13 Å². The summed E-state index contributed by atoms with van der Waals surface area (Å²) in [6.45, 7) is 0. The molecule has 0 aliphatic heterocycles. The van der Waals surface area contributed by atoms with E-state index in [1.54, 1.807) is 0 Å². The molecule has 0 unspecified atom stereocenters. The molecule has 1 aromatic carbocycles. The first-order valence-electron chi connectivity index (χ1n) is 5.72. The second-order valence-corrected chi connectivity index (χ2v) is 6.61. The van der Waals surface area contributed by atoms with E-state index in [1.807, 2.05) is 0 Å². The van der Waals surface area contributed by atoms with Gasteiger partial charge in [-0.15, -0.1) is 0 Å². The van der Waals surface area contributed by atoms with E-state index in [2.05, 4.69) is 59.0 Å². The van der Waals surface area contributed by atoms with E-state index in [9.17, 15) is 4.79 Å². The number of hydrogen-bond donors (Lipinski definition) is 1. The Morgan fingerprint density at radius 1 is 1.24 bits per heavy atom. The second kappa shape index (κ2) is 3.57. The topological polar surface area (TPSA) is 37.3 Å². The first-order valence-corrected chi connectivity index (χ1v) is 6.80. The molecule has 0 radical (unpaired) electrons. The number of carboxylic acid groups (broad SMARTS) is 1. The van der Waals surface area contributed by atoms with Crippen molar-refractivity contribution in [3.05, 3.63) is 39.5 Å². The average molecular weight is 340 g/mol.